The number of fused-ring (bicyclic) bond motifs is 1. The Labute approximate surface area is 205 Å². The van der Waals surface area contributed by atoms with Crippen LogP contribution in [0, 0.1) is 0 Å². The molecule has 0 bridgehead atoms. The first-order valence-corrected chi connectivity index (χ1v) is 12.2. The molecule has 0 radical (unpaired) electrons. The monoisotopic (exact) mass is 469 g/mol. The highest BCUT2D eigenvalue weighted by molar-refractivity contribution is 5.94. The standard InChI is InChI=1S/C28H31N5O2/c1-32-26(34)18-23(22-10-6-7-11-25(22)35-2)24-19-30-28(31-27(24)32)33-16-13-21(14-17-33)29-15-12-20-8-4-3-5-9-20/h3-11,18-19,21,29H,12-17H2,1-2H3. The van der Waals surface area contributed by atoms with E-state index in [2.05, 4.69) is 40.5 Å². The number of pyridine rings is 1. The second-order valence-corrected chi connectivity index (χ2v) is 9.01. The van der Waals surface area contributed by atoms with Crippen LogP contribution in [0.5, 0.6) is 5.75 Å². The predicted octanol–water partition coefficient (Wildman–Crippen LogP) is 3.81. The van der Waals surface area contributed by atoms with Crippen molar-refractivity contribution in [2.45, 2.75) is 25.3 Å². The molecule has 1 fully saturated rings. The molecule has 7 nitrogen and oxygen atoms in total. The Morgan fingerprint density at radius 1 is 1.03 bits per heavy atom. The van der Waals surface area contributed by atoms with Gasteiger partial charge in [-0.2, -0.15) is 4.98 Å². The molecule has 1 saturated heterocycles. The van der Waals surface area contributed by atoms with Crippen molar-refractivity contribution >= 4 is 17.0 Å². The van der Waals surface area contributed by atoms with Crippen LogP contribution >= 0.6 is 0 Å². The van der Waals surface area contributed by atoms with Crippen LogP contribution in [0.4, 0.5) is 5.95 Å². The van der Waals surface area contributed by atoms with Gasteiger partial charge in [-0.3, -0.25) is 9.36 Å². The van der Waals surface area contributed by atoms with E-state index in [0.29, 0.717) is 23.4 Å². The summed E-state index contributed by atoms with van der Waals surface area (Å²) in [6.07, 6.45) is 4.95. The molecule has 1 aliphatic heterocycles. The molecule has 0 atom stereocenters. The summed E-state index contributed by atoms with van der Waals surface area (Å²) >= 11 is 0. The van der Waals surface area contributed by atoms with Crippen LogP contribution in [-0.4, -0.2) is 47.3 Å². The fraction of sp³-hybridized carbons (Fsp3) is 0.321. The van der Waals surface area contributed by atoms with Gasteiger partial charge in [-0.15, -0.1) is 0 Å². The fourth-order valence-electron chi connectivity index (χ4n) is 4.80. The lowest BCUT2D eigenvalue weighted by Gasteiger charge is -2.32. The third kappa shape index (κ3) is 4.91. The van der Waals surface area contributed by atoms with Crippen molar-refractivity contribution in [2.24, 2.45) is 7.05 Å². The second kappa shape index (κ2) is 10.3. The Morgan fingerprint density at radius 3 is 2.54 bits per heavy atom. The molecular weight excluding hydrogens is 438 g/mol. The van der Waals surface area contributed by atoms with Gasteiger partial charge in [0.2, 0.25) is 5.95 Å². The van der Waals surface area contributed by atoms with Gasteiger partial charge < -0.3 is 15.0 Å². The zero-order chi connectivity index (χ0) is 24.2. The van der Waals surface area contributed by atoms with Crippen molar-refractivity contribution in [1.82, 2.24) is 19.9 Å². The summed E-state index contributed by atoms with van der Waals surface area (Å²) in [4.78, 5) is 24.6. The lowest BCUT2D eigenvalue weighted by atomic mass is 10.0. The number of piperidine rings is 1. The number of para-hydroxylation sites is 1. The average molecular weight is 470 g/mol. The van der Waals surface area contributed by atoms with Gasteiger partial charge in [0.05, 0.1) is 7.11 Å². The molecule has 4 aromatic rings. The van der Waals surface area contributed by atoms with Gasteiger partial charge in [0.15, 0.2) is 0 Å². The average Bonchev–Trinajstić information content (AvgIpc) is 2.91. The first-order valence-electron chi connectivity index (χ1n) is 12.2. The summed E-state index contributed by atoms with van der Waals surface area (Å²) in [5.41, 5.74) is 3.53. The summed E-state index contributed by atoms with van der Waals surface area (Å²) in [7, 11) is 3.40. The zero-order valence-corrected chi connectivity index (χ0v) is 20.3. The van der Waals surface area contributed by atoms with Crippen LogP contribution < -0.4 is 20.5 Å². The molecule has 35 heavy (non-hydrogen) atoms. The summed E-state index contributed by atoms with van der Waals surface area (Å²) < 4.78 is 7.13. The van der Waals surface area contributed by atoms with Gasteiger partial charge in [0, 0.05) is 55.0 Å². The number of rotatable bonds is 7. The van der Waals surface area contributed by atoms with Crippen LogP contribution in [-0.2, 0) is 13.5 Å². The maximum atomic E-state index is 12.8. The van der Waals surface area contributed by atoms with Crippen LogP contribution in [0.2, 0.25) is 0 Å². The maximum absolute atomic E-state index is 12.8. The molecule has 3 heterocycles. The van der Waals surface area contributed by atoms with Crippen molar-refractivity contribution < 1.29 is 4.74 Å². The summed E-state index contributed by atoms with van der Waals surface area (Å²) in [5, 5.41) is 4.53. The normalized spacial score (nSPS) is 14.4. The first-order chi connectivity index (χ1) is 17.1. The lowest BCUT2D eigenvalue weighted by Crippen LogP contribution is -2.43. The highest BCUT2D eigenvalue weighted by Gasteiger charge is 2.22. The number of aryl methyl sites for hydroxylation is 1. The molecule has 0 amide bonds. The minimum absolute atomic E-state index is 0.107. The topological polar surface area (TPSA) is 72.3 Å². The number of ether oxygens (including phenoxy) is 1. The summed E-state index contributed by atoms with van der Waals surface area (Å²) in [5.74, 6) is 1.39. The van der Waals surface area contributed by atoms with Gasteiger partial charge in [0.25, 0.3) is 5.56 Å². The molecule has 0 saturated carbocycles. The lowest BCUT2D eigenvalue weighted by molar-refractivity contribution is 0.415. The predicted molar refractivity (Wildman–Crippen MR) is 140 cm³/mol. The third-order valence-electron chi connectivity index (χ3n) is 6.83. The Kier molecular flexibility index (Phi) is 6.77. The smallest absolute Gasteiger partial charge is 0.252 e. The fourth-order valence-corrected chi connectivity index (χ4v) is 4.80. The molecule has 180 valence electrons. The largest absolute Gasteiger partial charge is 0.496 e. The minimum Gasteiger partial charge on any atom is -0.496 e. The zero-order valence-electron chi connectivity index (χ0n) is 20.3. The number of hydrogen-bond acceptors (Lipinski definition) is 6. The van der Waals surface area contributed by atoms with E-state index in [1.807, 2.05) is 30.5 Å². The quantitative estimate of drug-likeness (QED) is 0.444. The minimum atomic E-state index is -0.107. The second-order valence-electron chi connectivity index (χ2n) is 9.01. The number of methoxy groups -OCH3 is 1. The number of nitrogens with one attached hydrogen (secondary N) is 1. The van der Waals surface area contributed by atoms with Crippen molar-refractivity contribution in [3.05, 3.63) is 82.8 Å². The molecule has 1 N–H and O–H groups in total. The van der Waals surface area contributed by atoms with Gasteiger partial charge in [-0.1, -0.05) is 48.5 Å². The van der Waals surface area contributed by atoms with Crippen LogP contribution in [0.1, 0.15) is 18.4 Å². The van der Waals surface area contributed by atoms with Gasteiger partial charge in [0.1, 0.15) is 11.4 Å². The number of anilines is 1. The van der Waals surface area contributed by atoms with E-state index in [9.17, 15) is 4.79 Å². The van der Waals surface area contributed by atoms with Crippen molar-refractivity contribution in [1.29, 1.82) is 0 Å². The highest BCUT2D eigenvalue weighted by Crippen LogP contribution is 2.33. The van der Waals surface area contributed by atoms with Crippen molar-refractivity contribution in [3.8, 4) is 16.9 Å². The van der Waals surface area contributed by atoms with Crippen molar-refractivity contribution in [3.63, 3.8) is 0 Å². The van der Waals surface area contributed by atoms with Crippen molar-refractivity contribution in [2.75, 3.05) is 31.6 Å². The van der Waals surface area contributed by atoms with E-state index in [1.165, 1.54) is 5.56 Å². The maximum Gasteiger partial charge on any atom is 0.252 e. The Hall–Kier alpha value is -3.71. The van der Waals surface area contributed by atoms with E-state index in [-0.39, 0.29) is 5.56 Å². The number of nitrogens with zero attached hydrogens (tertiary/aromatic N) is 4. The molecule has 0 spiro atoms. The highest BCUT2D eigenvalue weighted by atomic mass is 16.5. The SMILES string of the molecule is COc1ccccc1-c1cc(=O)n(C)c2nc(N3CCC(NCCc4ccccc4)CC3)ncc12. The van der Waals surface area contributed by atoms with Gasteiger partial charge >= 0.3 is 0 Å². The summed E-state index contributed by atoms with van der Waals surface area (Å²) in [6.45, 7) is 2.75. The Morgan fingerprint density at radius 2 is 1.77 bits per heavy atom. The number of aromatic nitrogens is 3. The number of benzene rings is 2. The van der Waals surface area contributed by atoms with Crippen LogP contribution in [0.25, 0.3) is 22.2 Å². The van der Waals surface area contributed by atoms with Gasteiger partial charge in [-0.25, -0.2) is 4.98 Å². The summed E-state index contributed by atoms with van der Waals surface area (Å²) in [6, 6.07) is 20.4. The Balaban J connectivity index is 1.32. The molecular formula is C28H31N5O2. The molecule has 2 aromatic heterocycles. The van der Waals surface area contributed by atoms with Gasteiger partial charge in [-0.05, 0) is 37.4 Å². The molecule has 2 aromatic carbocycles. The molecule has 7 heteroatoms. The molecule has 5 rings (SSSR count). The van der Waals surface area contributed by atoms with E-state index in [0.717, 1.165) is 55.4 Å². The third-order valence-corrected chi connectivity index (χ3v) is 6.83. The first kappa shape index (κ1) is 23.1. The van der Waals surface area contributed by atoms with Crippen LogP contribution in [0.3, 0.4) is 0 Å². The van der Waals surface area contributed by atoms with E-state index in [1.54, 1.807) is 24.8 Å². The van der Waals surface area contributed by atoms with E-state index >= 15 is 0 Å². The molecule has 0 aliphatic carbocycles. The number of hydrogen-bond donors (Lipinski definition) is 1. The Bertz CT molecular complexity index is 1360. The molecule has 0 unspecified atom stereocenters. The van der Waals surface area contributed by atoms with Crippen LogP contribution in [0.15, 0.2) is 71.7 Å². The van der Waals surface area contributed by atoms with E-state index < -0.39 is 0 Å². The van der Waals surface area contributed by atoms with E-state index in [4.69, 9.17) is 14.7 Å². The molecule has 1 aliphatic rings.